The van der Waals surface area contributed by atoms with Crippen molar-refractivity contribution in [3.63, 3.8) is 0 Å². The van der Waals surface area contributed by atoms with Crippen LogP contribution in [0.4, 0.5) is 10.7 Å². The first kappa shape index (κ1) is 23.5. The Bertz CT molecular complexity index is 1260. The van der Waals surface area contributed by atoms with Gasteiger partial charge in [0.2, 0.25) is 5.91 Å². The van der Waals surface area contributed by atoms with Gasteiger partial charge in [0.05, 0.1) is 23.6 Å². The molecule has 0 bridgehead atoms. The summed E-state index contributed by atoms with van der Waals surface area (Å²) in [4.78, 5) is 50.0. The number of nitrogens with one attached hydrogen (secondary N) is 2. The van der Waals surface area contributed by atoms with E-state index in [1.54, 1.807) is 24.4 Å². The van der Waals surface area contributed by atoms with E-state index in [1.165, 1.54) is 29.2 Å². The number of hydrogen-bond acceptors (Lipinski definition) is 8. The van der Waals surface area contributed by atoms with Gasteiger partial charge >= 0.3 is 11.9 Å². The zero-order chi connectivity index (χ0) is 24.1. The minimum Gasteiger partial charge on any atom is -0.462 e. The molecule has 0 fully saturated rings. The number of carbonyl (C=O) groups is 4. The summed E-state index contributed by atoms with van der Waals surface area (Å²) in [5.74, 6) is -1.68. The molecule has 1 aliphatic heterocycles. The Morgan fingerprint density at radius 1 is 1.06 bits per heavy atom. The van der Waals surface area contributed by atoms with Crippen molar-refractivity contribution in [1.82, 2.24) is 0 Å². The number of thioether (sulfide) groups is 1. The van der Waals surface area contributed by atoms with Gasteiger partial charge < -0.3 is 20.1 Å². The highest BCUT2D eigenvalue weighted by Gasteiger charge is 2.23. The van der Waals surface area contributed by atoms with Crippen LogP contribution < -0.4 is 10.6 Å². The van der Waals surface area contributed by atoms with Crippen LogP contribution in [0.15, 0.2) is 58.8 Å². The number of amides is 2. The fourth-order valence-corrected chi connectivity index (χ4v) is 5.04. The van der Waals surface area contributed by atoms with Gasteiger partial charge in [-0.3, -0.25) is 9.59 Å². The maximum atomic E-state index is 12.6. The molecular formula is C24H20N2O6S2. The van der Waals surface area contributed by atoms with Crippen molar-refractivity contribution in [3.05, 3.63) is 65.0 Å². The van der Waals surface area contributed by atoms with E-state index < -0.39 is 24.5 Å². The number of esters is 2. The topological polar surface area (TPSA) is 111 Å². The zero-order valence-corrected chi connectivity index (χ0v) is 19.7. The number of benzene rings is 2. The second kappa shape index (κ2) is 10.5. The van der Waals surface area contributed by atoms with Gasteiger partial charge in [-0.1, -0.05) is 30.3 Å². The molecule has 4 rings (SSSR count). The molecule has 0 saturated carbocycles. The Morgan fingerprint density at radius 3 is 2.62 bits per heavy atom. The first-order valence-corrected chi connectivity index (χ1v) is 12.2. The SMILES string of the molecule is CCOC(=O)c1c(-c2ccccc2)csc1NC(=O)COC(=O)c1ccc2c(c1)NC(=O)CS2. The predicted molar refractivity (Wildman–Crippen MR) is 130 cm³/mol. The van der Waals surface area contributed by atoms with E-state index in [9.17, 15) is 19.2 Å². The van der Waals surface area contributed by atoms with E-state index in [4.69, 9.17) is 9.47 Å². The van der Waals surface area contributed by atoms with E-state index in [0.29, 0.717) is 22.0 Å². The van der Waals surface area contributed by atoms with Gasteiger partial charge in [0.25, 0.3) is 5.91 Å². The van der Waals surface area contributed by atoms with Crippen LogP contribution in [0.3, 0.4) is 0 Å². The molecule has 10 heteroatoms. The molecule has 0 aliphatic carbocycles. The zero-order valence-electron chi connectivity index (χ0n) is 18.1. The van der Waals surface area contributed by atoms with Crippen LogP contribution in [0.5, 0.6) is 0 Å². The molecular weight excluding hydrogens is 476 g/mol. The smallest absolute Gasteiger partial charge is 0.341 e. The average Bonchev–Trinajstić information content (AvgIpc) is 3.26. The van der Waals surface area contributed by atoms with Gasteiger partial charge in [0.1, 0.15) is 10.6 Å². The number of fused-ring (bicyclic) bond motifs is 1. The van der Waals surface area contributed by atoms with Crippen molar-refractivity contribution in [2.75, 3.05) is 29.6 Å². The lowest BCUT2D eigenvalue weighted by Gasteiger charge is -2.16. The van der Waals surface area contributed by atoms with E-state index in [0.717, 1.165) is 10.5 Å². The summed E-state index contributed by atoms with van der Waals surface area (Å²) >= 11 is 2.56. The highest BCUT2D eigenvalue weighted by Crippen LogP contribution is 2.36. The highest BCUT2D eigenvalue weighted by atomic mass is 32.2. The van der Waals surface area contributed by atoms with Crippen molar-refractivity contribution in [3.8, 4) is 11.1 Å². The Morgan fingerprint density at radius 2 is 1.85 bits per heavy atom. The molecule has 0 atom stereocenters. The minimum absolute atomic E-state index is 0.148. The summed E-state index contributed by atoms with van der Waals surface area (Å²) in [5.41, 5.74) is 2.45. The molecule has 8 nitrogen and oxygen atoms in total. The third-order valence-electron chi connectivity index (χ3n) is 4.79. The fourth-order valence-electron chi connectivity index (χ4n) is 3.27. The molecule has 2 amide bonds. The van der Waals surface area contributed by atoms with Crippen molar-refractivity contribution in [1.29, 1.82) is 0 Å². The molecule has 34 heavy (non-hydrogen) atoms. The first-order chi connectivity index (χ1) is 16.5. The van der Waals surface area contributed by atoms with Crippen molar-refractivity contribution >= 4 is 57.5 Å². The first-order valence-electron chi connectivity index (χ1n) is 10.3. The fraction of sp³-hybridized carbons (Fsp3) is 0.167. The minimum atomic E-state index is -0.704. The van der Waals surface area contributed by atoms with Gasteiger partial charge in [-0.25, -0.2) is 9.59 Å². The third kappa shape index (κ3) is 5.29. The lowest BCUT2D eigenvalue weighted by Crippen LogP contribution is -2.22. The Kier molecular flexibility index (Phi) is 7.29. The standard InChI is InChI=1S/C24H20N2O6S2/c1-2-31-24(30)21-16(14-6-4-3-5-7-14)12-34-22(21)26-19(27)11-32-23(29)15-8-9-18-17(10-15)25-20(28)13-33-18/h3-10,12H,2,11,13H2,1H3,(H,25,28)(H,26,27). The molecule has 2 N–H and O–H groups in total. The molecule has 1 aliphatic rings. The summed E-state index contributed by atoms with van der Waals surface area (Å²) in [6.07, 6.45) is 0. The molecule has 0 spiro atoms. The predicted octanol–water partition coefficient (Wildman–Crippen LogP) is 4.43. The van der Waals surface area contributed by atoms with Crippen LogP contribution in [-0.2, 0) is 19.1 Å². The highest BCUT2D eigenvalue weighted by molar-refractivity contribution is 8.00. The lowest BCUT2D eigenvalue weighted by atomic mass is 10.0. The summed E-state index contributed by atoms with van der Waals surface area (Å²) in [6.45, 7) is 1.35. The Hall–Kier alpha value is -3.63. The Labute approximate surface area is 203 Å². The number of rotatable bonds is 7. The van der Waals surface area contributed by atoms with E-state index in [1.807, 2.05) is 30.3 Å². The number of ether oxygens (including phenoxy) is 2. The number of hydrogen-bond donors (Lipinski definition) is 2. The van der Waals surface area contributed by atoms with Gasteiger partial charge in [-0.05, 0) is 30.7 Å². The van der Waals surface area contributed by atoms with Crippen LogP contribution in [0, 0.1) is 0 Å². The molecule has 3 aromatic rings. The monoisotopic (exact) mass is 496 g/mol. The lowest BCUT2D eigenvalue weighted by molar-refractivity contribution is -0.119. The van der Waals surface area contributed by atoms with Gasteiger partial charge in [-0.2, -0.15) is 0 Å². The van der Waals surface area contributed by atoms with Crippen LogP contribution >= 0.6 is 23.1 Å². The molecule has 2 aromatic carbocycles. The van der Waals surface area contributed by atoms with Crippen molar-refractivity contribution < 1.29 is 28.7 Å². The van der Waals surface area contributed by atoms with Crippen LogP contribution in [0.2, 0.25) is 0 Å². The van der Waals surface area contributed by atoms with Gasteiger partial charge in [0, 0.05) is 15.8 Å². The van der Waals surface area contributed by atoms with Crippen LogP contribution in [-0.4, -0.2) is 42.7 Å². The van der Waals surface area contributed by atoms with Crippen LogP contribution in [0.1, 0.15) is 27.6 Å². The molecule has 0 saturated heterocycles. The number of anilines is 2. The van der Waals surface area contributed by atoms with E-state index in [2.05, 4.69) is 10.6 Å². The molecule has 0 radical (unpaired) electrons. The maximum absolute atomic E-state index is 12.6. The van der Waals surface area contributed by atoms with Gasteiger partial charge in [0.15, 0.2) is 6.61 Å². The molecule has 0 unspecified atom stereocenters. The van der Waals surface area contributed by atoms with Crippen LogP contribution in [0.25, 0.3) is 11.1 Å². The number of carbonyl (C=O) groups excluding carboxylic acids is 4. The average molecular weight is 497 g/mol. The largest absolute Gasteiger partial charge is 0.462 e. The number of thiophene rings is 1. The molecule has 2 heterocycles. The molecule has 1 aromatic heterocycles. The summed E-state index contributed by atoms with van der Waals surface area (Å²) in [5, 5.41) is 7.43. The summed E-state index contributed by atoms with van der Waals surface area (Å²) in [7, 11) is 0. The summed E-state index contributed by atoms with van der Waals surface area (Å²) in [6, 6.07) is 14.1. The second-order valence-electron chi connectivity index (χ2n) is 7.11. The quantitative estimate of drug-likeness (QED) is 0.466. The van der Waals surface area contributed by atoms with Gasteiger partial charge in [-0.15, -0.1) is 23.1 Å². The van der Waals surface area contributed by atoms with Crippen molar-refractivity contribution in [2.45, 2.75) is 11.8 Å². The Balaban J connectivity index is 1.44. The third-order valence-corrected chi connectivity index (χ3v) is 6.76. The maximum Gasteiger partial charge on any atom is 0.341 e. The van der Waals surface area contributed by atoms with E-state index in [-0.39, 0.29) is 23.6 Å². The van der Waals surface area contributed by atoms with Crippen molar-refractivity contribution in [2.24, 2.45) is 0 Å². The summed E-state index contributed by atoms with van der Waals surface area (Å²) < 4.78 is 10.3. The second-order valence-corrected chi connectivity index (χ2v) is 9.01. The normalized spacial score (nSPS) is 12.3. The molecule has 174 valence electrons. The van der Waals surface area contributed by atoms with E-state index >= 15 is 0 Å².